The number of aromatic carboxylic acids is 1. The Balaban J connectivity index is 2.41. The van der Waals surface area contributed by atoms with Crippen LogP contribution in [-0.2, 0) is 15.6 Å². The van der Waals surface area contributed by atoms with Crippen molar-refractivity contribution < 1.29 is 22.7 Å². The first kappa shape index (κ1) is 15.2. The molecular formula is C15H13FO4S. The molecule has 0 atom stereocenters. The van der Waals surface area contributed by atoms with Crippen molar-refractivity contribution in [3.05, 3.63) is 65.0 Å². The van der Waals surface area contributed by atoms with Crippen molar-refractivity contribution in [3.8, 4) is 0 Å². The van der Waals surface area contributed by atoms with E-state index in [0.29, 0.717) is 11.1 Å². The second kappa shape index (κ2) is 5.65. The molecule has 1 N–H and O–H groups in total. The predicted octanol–water partition coefficient (Wildman–Crippen LogP) is 2.81. The number of aryl methyl sites for hydroxylation is 1. The molecule has 110 valence electrons. The minimum Gasteiger partial charge on any atom is -0.478 e. The van der Waals surface area contributed by atoms with Crippen molar-refractivity contribution in [2.45, 2.75) is 17.6 Å². The van der Waals surface area contributed by atoms with Crippen molar-refractivity contribution in [3.63, 3.8) is 0 Å². The number of carbonyl (C=O) groups is 1. The lowest BCUT2D eigenvalue weighted by atomic mass is 10.1. The third kappa shape index (κ3) is 3.46. The van der Waals surface area contributed by atoms with Gasteiger partial charge in [0.05, 0.1) is 16.2 Å². The van der Waals surface area contributed by atoms with E-state index in [1.165, 1.54) is 36.4 Å². The summed E-state index contributed by atoms with van der Waals surface area (Å²) < 4.78 is 37.6. The van der Waals surface area contributed by atoms with E-state index in [2.05, 4.69) is 0 Å². The summed E-state index contributed by atoms with van der Waals surface area (Å²) in [4.78, 5) is 10.9. The van der Waals surface area contributed by atoms with Crippen molar-refractivity contribution in [2.75, 3.05) is 0 Å². The first-order chi connectivity index (χ1) is 9.79. The Morgan fingerprint density at radius 1 is 1.14 bits per heavy atom. The van der Waals surface area contributed by atoms with Gasteiger partial charge in [-0.2, -0.15) is 0 Å². The monoisotopic (exact) mass is 308 g/mol. The van der Waals surface area contributed by atoms with E-state index in [-0.39, 0.29) is 16.2 Å². The van der Waals surface area contributed by atoms with E-state index in [1.54, 1.807) is 6.92 Å². The molecule has 0 heterocycles. The number of hydrogen-bond donors (Lipinski definition) is 1. The van der Waals surface area contributed by atoms with E-state index in [1.807, 2.05) is 0 Å². The minimum absolute atomic E-state index is 0.0216. The van der Waals surface area contributed by atoms with E-state index >= 15 is 0 Å². The fraction of sp³-hybridized carbons (Fsp3) is 0.133. The molecule has 2 rings (SSSR count). The van der Waals surface area contributed by atoms with Crippen molar-refractivity contribution >= 4 is 15.8 Å². The van der Waals surface area contributed by atoms with Gasteiger partial charge in [0.15, 0.2) is 9.84 Å². The molecule has 0 bridgehead atoms. The first-order valence-corrected chi connectivity index (χ1v) is 7.76. The highest BCUT2D eigenvalue weighted by atomic mass is 32.2. The normalized spacial score (nSPS) is 11.3. The molecule has 0 fully saturated rings. The zero-order chi connectivity index (χ0) is 15.6. The van der Waals surface area contributed by atoms with Crippen molar-refractivity contribution in [2.24, 2.45) is 0 Å². The molecule has 6 heteroatoms. The zero-order valence-electron chi connectivity index (χ0n) is 11.2. The van der Waals surface area contributed by atoms with Gasteiger partial charge in [-0.1, -0.05) is 18.2 Å². The van der Waals surface area contributed by atoms with Crippen LogP contribution in [0.4, 0.5) is 4.39 Å². The molecular weight excluding hydrogens is 295 g/mol. The first-order valence-electron chi connectivity index (χ1n) is 6.11. The lowest BCUT2D eigenvalue weighted by Gasteiger charge is -2.09. The molecule has 2 aromatic rings. The van der Waals surface area contributed by atoms with Gasteiger partial charge in [-0.05, 0) is 42.3 Å². The second-order valence-electron chi connectivity index (χ2n) is 4.67. The molecule has 0 saturated heterocycles. The van der Waals surface area contributed by atoms with Gasteiger partial charge >= 0.3 is 5.97 Å². The molecule has 4 nitrogen and oxygen atoms in total. The van der Waals surface area contributed by atoms with Crippen LogP contribution < -0.4 is 0 Å². The topological polar surface area (TPSA) is 71.4 Å². The maximum Gasteiger partial charge on any atom is 0.335 e. The van der Waals surface area contributed by atoms with E-state index in [0.717, 1.165) is 6.07 Å². The zero-order valence-corrected chi connectivity index (χ0v) is 12.0. The fourth-order valence-corrected chi connectivity index (χ4v) is 3.60. The van der Waals surface area contributed by atoms with E-state index < -0.39 is 21.6 Å². The number of rotatable bonds is 4. The number of halogens is 1. The standard InChI is InChI=1S/C15H13FO4S/c1-10-2-5-12(15(17)18)8-14(10)21(19,20)9-11-3-6-13(16)7-4-11/h2-8H,9H2,1H3,(H,17,18). The molecule has 2 aromatic carbocycles. The molecule has 0 aromatic heterocycles. The smallest absolute Gasteiger partial charge is 0.335 e. The molecule has 0 aliphatic rings. The Morgan fingerprint density at radius 3 is 2.33 bits per heavy atom. The minimum atomic E-state index is -3.70. The van der Waals surface area contributed by atoms with Gasteiger partial charge in [0.1, 0.15) is 5.82 Å². The summed E-state index contributed by atoms with van der Waals surface area (Å²) >= 11 is 0. The van der Waals surface area contributed by atoms with Crippen LogP contribution >= 0.6 is 0 Å². The third-order valence-corrected chi connectivity index (χ3v) is 4.86. The highest BCUT2D eigenvalue weighted by molar-refractivity contribution is 7.90. The van der Waals surface area contributed by atoms with Gasteiger partial charge in [-0.15, -0.1) is 0 Å². The fourth-order valence-electron chi connectivity index (χ4n) is 1.95. The van der Waals surface area contributed by atoms with Crippen LogP contribution in [0.15, 0.2) is 47.4 Å². The predicted molar refractivity (Wildman–Crippen MR) is 75.4 cm³/mol. The summed E-state index contributed by atoms with van der Waals surface area (Å²) in [5, 5.41) is 8.95. The van der Waals surface area contributed by atoms with E-state index in [9.17, 15) is 17.6 Å². The summed E-state index contributed by atoms with van der Waals surface area (Å²) in [5.74, 6) is -1.94. The molecule has 0 amide bonds. The van der Waals surface area contributed by atoms with Crippen LogP contribution in [0.2, 0.25) is 0 Å². The molecule has 0 spiro atoms. The van der Waals surface area contributed by atoms with Crippen LogP contribution in [0.1, 0.15) is 21.5 Å². The number of benzene rings is 2. The molecule has 0 unspecified atom stereocenters. The summed E-state index contributed by atoms with van der Waals surface area (Å²) in [6.07, 6.45) is 0. The highest BCUT2D eigenvalue weighted by Gasteiger charge is 2.19. The molecule has 21 heavy (non-hydrogen) atoms. The maximum atomic E-state index is 12.8. The number of sulfone groups is 1. The molecule has 0 aliphatic carbocycles. The van der Waals surface area contributed by atoms with Gasteiger partial charge in [-0.25, -0.2) is 17.6 Å². The number of carboxylic acids is 1. The van der Waals surface area contributed by atoms with Crippen LogP contribution in [0, 0.1) is 12.7 Å². The van der Waals surface area contributed by atoms with Crippen molar-refractivity contribution in [1.29, 1.82) is 0 Å². The third-order valence-electron chi connectivity index (χ3n) is 3.04. The second-order valence-corrected chi connectivity index (χ2v) is 6.63. The molecule has 0 aliphatic heterocycles. The highest BCUT2D eigenvalue weighted by Crippen LogP contribution is 2.22. The molecule has 0 radical (unpaired) electrons. The average molecular weight is 308 g/mol. The summed E-state index contributed by atoms with van der Waals surface area (Å²) in [7, 11) is -3.70. The summed E-state index contributed by atoms with van der Waals surface area (Å²) in [6, 6.07) is 9.12. The summed E-state index contributed by atoms with van der Waals surface area (Å²) in [6.45, 7) is 1.60. The Bertz CT molecular complexity index is 780. The van der Waals surface area contributed by atoms with Crippen molar-refractivity contribution in [1.82, 2.24) is 0 Å². The summed E-state index contributed by atoms with van der Waals surface area (Å²) in [5.41, 5.74) is 0.830. The largest absolute Gasteiger partial charge is 0.478 e. The Hall–Kier alpha value is -2.21. The average Bonchev–Trinajstić information content (AvgIpc) is 2.41. The van der Waals surface area contributed by atoms with Gasteiger partial charge in [-0.3, -0.25) is 0 Å². The van der Waals surface area contributed by atoms with Crippen LogP contribution in [-0.4, -0.2) is 19.5 Å². The lowest BCUT2D eigenvalue weighted by molar-refractivity contribution is 0.0696. The lowest BCUT2D eigenvalue weighted by Crippen LogP contribution is -2.09. The number of carboxylic acid groups (broad SMARTS) is 1. The van der Waals surface area contributed by atoms with Gasteiger partial charge < -0.3 is 5.11 Å². The quantitative estimate of drug-likeness (QED) is 0.942. The Labute approximate surface area is 121 Å². The SMILES string of the molecule is Cc1ccc(C(=O)O)cc1S(=O)(=O)Cc1ccc(F)cc1. The van der Waals surface area contributed by atoms with Crippen LogP contribution in [0.3, 0.4) is 0 Å². The van der Waals surface area contributed by atoms with Gasteiger partial charge in [0.2, 0.25) is 0 Å². The van der Waals surface area contributed by atoms with Crippen LogP contribution in [0.5, 0.6) is 0 Å². The van der Waals surface area contributed by atoms with Gasteiger partial charge in [0, 0.05) is 0 Å². The van der Waals surface area contributed by atoms with Crippen LogP contribution in [0.25, 0.3) is 0 Å². The Morgan fingerprint density at radius 2 is 1.76 bits per heavy atom. The molecule has 0 saturated carbocycles. The van der Waals surface area contributed by atoms with E-state index in [4.69, 9.17) is 5.11 Å². The maximum absolute atomic E-state index is 12.8. The number of hydrogen-bond acceptors (Lipinski definition) is 3. The van der Waals surface area contributed by atoms with Gasteiger partial charge in [0.25, 0.3) is 0 Å². The Kier molecular flexibility index (Phi) is 4.09.